The van der Waals surface area contributed by atoms with Crippen LogP contribution < -0.4 is 4.74 Å². The molecule has 4 rings (SSSR count). The maximum Gasteiger partial charge on any atom is 0.290 e. The average Bonchev–Trinajstić information content (AvgIpc) is 3.40. The summed E-state index contributed by atoms with van der Waals surface area (Å²) in [5, 5.41) is 10.8. The van der Waals surface area contributed by atoms with Crippen LogP contribution in [-0.2, 0) is 9.53 Å². The molecule has 0 unspecified atom stereocenters. The fraction of sp³-hybridized carbons (Fsp3) is 0.385. The second kappa shape index (κ2) is 10.7. The molecule has 2 aliphatic heterocycles. The lowest BCUT2D eigenvalue weighted by Gasteiger charge is -2.30. The molecule has 0 bridgehead atoms. The van der Waals surface area contributed by atoms with Crippen LogP contribution in [0, 0.1) is 6.92 Å². The molecule has 1 saturated heterocycles. The number of aliphatic hydroxyl groups is 1. The van der Waals surface area contributed by atoms with E-state index in [1.807, 2.05) is 12.1 Å². The average molecular weight is 467 g/mol. The number of ketones is 1. The third-order valence-electron chi connectivity index (χ3n) is 6.05. The number of hydrogen-bond donors (Lipinski definition) is 1. The van der Waals surface area contributed by atoms with Crippen LogP contribution in [0.15, 0.2) is 64.8 Å². The summed E-state index contributed by atoms with van der Waals surface area (Å²) in [6.07, 6.45) is 2.36. The Morgan fingerprint density at radius 2 is 1.91 bits per heavy atom. The van der Waals surface area contributed by atoms with Crippen LogP contribution in [0.25, 0.3) is 0 Å². The van der Waals surface area contributed by atoms with E-state index in [2.05, 4.69) is 11.5 Å². The third kappa shape index (κ3) is 5.08. The highest BCUT2D eigenvalue weighted by molar-refractivity contribution is 6.15. The predicted octanol–water partition coefficient (Wildman–Crippen LogP) is 3.45. The van der Waals surface area contributed by atoms with E-state index in [-0.39, 0.29) is 11.3 Å². The van der Waals surface area contributed by atoms with Crippen molar-refractivity contribution in [1.29, 1.82) is 0 Å². The van der Waals surface area contributed by atoms with Gasteiger partial charge in [0.25, 0.3) is 5.91 Å². The molecule has 8 nitrogen and oxygen atoms in total. The third-order valence-corrected chi connectivity index (χ3v) is 6.05. The van der Waals surface area contributed by atoms with Crippen LogP contribution in [0.5, 0.6) is 5.75 Å². The smallest absolute Gasteiger partial charge is 0.290 e. The number of hydrogen-bond acceptors (Lipinski definition) is 7. The summed E-state index contributed by atoms with van der Waals surface area (Å²) in [5.41, 5.74) is 0.742. The summed E-state index contributed by atoms with van der Waals surface area (Å²) >= 11 is 0. The molecular formula is C26H30N2O6. The first-order valence-corrected chi connectivity index (χ1v) is 11.5. The minimum Gasteiger partial charge on any atom is -0.503 e. The van der Waals surface area contributed by atoms with Crippen molar-refractivity contribution >= 4 is 11.7 Å². The van der Waals surface area contributed by atoms with E-state index in [0.29, 0.717) is 49.9 Å². The van der Waals surface area contributed by atoms with E-state index in [1.54, 1.807) is 42.2 Å². The number of morpholine rings is 1. The van der Waals surface area contributed by atoms with Crippen molar-refractivity contribution in [3.05, 3.63) is 77.5 Å². The quantitative estimate of drug-likeness (QED) is 0.423. The van der Waals surface area contributed by atoms with Gasteiger partial charge in [0.15, 0.2) is 11.5 Å². The summed E-state index contributed by atoms with van der Waals surface area (Å²) in [4.78, 5) is 30.3. The van der Waals surface area contributed by atoms with Crippen LogP contribution in [0.1, 0.15) is 34.3 Å². The lowest BCUT2D eigenvalue weighted by molar-refractivity contribution is -0.129. The molecule has 1 atom stereocenters. The summed E-state index contributed by atoms with van der Waals surface area (Å²) in [6, 6.07) is 9.71. The summed E-state index contributed by atoms with van der Waals surface area (Å²) < 4.78 is 16.5. The lowest BCUT2D eigenvalue weighted by atomic mass is 9.95. The summed E-state index contributed by atoms with van der Waals surface area (Å²) in [7, 11) is 0. The minimum atomic E-state index is -0.719. The van der Waals surface area contributed by atoms with Gasteiger partial charge >= 0.3 is 0 Å². The number of ether oxygens (including phenoxy) is 2. The topological polar surface area (TPSA) is 92.5 Å². The molecule has 3 heterocycles. The first-order chi connectivity index (χ1) is 16.5. The normalized spacial score (nSPS) is 19.0. The van der Waals surface area contributed by atoms with E-state index < -0.39 is 23.5 Å². The Hall–Kier alpha value is -3.36. The zero-order valence-electron chi connectivity index (χ0n) is 19.4. The van der Waals surface area contributed by atoms with Gasteiger partial charge < -0.3 is 23.9 Å². The predicted molar refractivity (Wildman–Crippen MR) is 126 cm³/mol. The van der Waals surface area contributed by atoms with E-state index in [1.165, 1.54) is 0 Å². The molecule has 180 valence electrons. The van der Waals surface area contributed by atoms with Crippen LogP contribution in [0.3, 0.4) is 0 Å². The fourth-order valence-electron chi connectivity index (χ4n) is 4.34. The Labute approximate surface area is 199 Å². The number of amides is 1. The molecule has 2 aliphatic rings. The van der Waals surface area contributed by atoms with Crippen molar-refractivity contribution in [3.8, 4) is 5.75 Å². The molecule has 0 saturated carbocycles. The Morgan fingerprint density at radius 3 is 2.56 bits per heavy atom. The molecule has 1 fully saturated rings. The molecule has 1 aromatic carbocycles. The van der Waals surface area contributed by atoms with Crippen molar-refractivity contribution in [2.24, 2.45) is 0 Å². The monoisotopic (exact) mass is 466 g/mol. The van der Waals surface area contributed by atoms with Gasteiger partial charge in [-0.1, -0.05) is 24.8 Å². The first-order valence-electron chi connectivity index (χ1n) is 11.5. The van der Waals surface area contributed by atoms with Gasteiger partial charge in [0, 0.05) is 26.2 Å². The van der Waals surface area contributed by atoms with Crippen molar-refractivity contribution in [3.63, 3.8) is 0 Å². The molecule has 1 amide bonds. The molecule has 0 radical (unpaired) electrons. The maximum atomic E-state index is 13.3. The van der Waals surface area contributed by atoms with Crippen molar-refractivity contribution < 1.29 is 28.6 Å². The van der Waals surface area contributed by atoms with Gasteiger partial charge in [-0.05, 0) is 43.2 Å². The van der Waals surface area contributed by atoms with Crippen molar-refractivity contribution in [2.45, 2.75) is 19.4 Å². The fourth-order valence-corrected chi connectivity index (χ4v) is 4.34. The number of aliphatic hydroxyl groups excluding tert-OH is 1. The van der Waals surface area contributed by atoms with Crippen molar-refractivity contribution in [1.82, 2.24) is 9.80 Å². The highest BCUT2D eigenvalue weighted by Crippen LogP contribution is 2.39. The lowest BCUT2D eigenvalue weighted by Crippen LogP contribution is -2.39. The van der Waals surface area contributed by atoms with Gasteiger partial charge in [-0.25, -0.2) is 0 Å². The van der Waals surface area contributed by atoms with Gasteiger partial charge in [0.05, 0.1) is 24.8 Å². The van der Waals surface area contributed by atoms with Gasteiger partial charge in [0.1, 0.15) is 18.1 Å². The SMILES string of the molecule is C=CCOc1ccc([C@@H]2C(C(=O)c3ccc(C)o3)=C(O)C(=O)N2CCCN2CCOCC2)cc1. The molecule has 0 spiro atoms. The van der Waals surface area contributed by atoms with E-state index >= 15 is 0 Å². The largest absolute Gasteiger partial charge is 0.503 e. The second-order valence-corrected chi connectivity index (χ2v) is 8.38. The molecule has 2 aromatic rings. The van der Waals surface area contributed by atoms with E-state index in [9.17, 15) is 14.7 Å². The summed E-state index contributed by atoms with van der Waals surface area (Å²) in [6.45, 7) is 10.1. The highest BCUT2D eigenvalue weighted by atomic mass is 16.5. The number of rotatable bonds is 10. The Kier molecular flexibility index (Phi) is 7.49. The maximum absolute atomic E-state index is 13.3. The zero-order valence-corrected chi connectivity index (χ0v) is 19.4. The van der Waals surface area contributed by atoms with E-state index in [4.69, 9.17) is 13.9 Å². The molecule has 0 aliphatic carbocycles. The zero-order chi connectivity index (χ0) is 24.1. The van der Waals surface area contributed by atoms with Gasteiger partial charge in [-0.15, -0.1) is 0 Å². The minimum absolute atomic E-state index is 0.0329. The Bertz CT molecular complexity index is 1070. The number of carbonyl (C=O) groups excluding carboxylic acids is 2. The number of benzene rings is 1. The molecule has 1 N–H and O–H groups in total. The number of aryl methyl sites for hydroxylation is 1. The number of furan rings is 1. The van der Waals surface area contributed by atoms with Gasteiger partial charge in [-0.3, -0.25) is 14.5 Å². The van der Waals surface area contributed by atoms with Crippen LogP contribution in [0.2, 0.25) is 0 Å². The van der Waals surface area contributed by atoms with Gasteiger partial charge in [0.2, 0.25) is 5.78 Å². The van der Waals surface area contributed by atoms with E-state index in [0.717, 1.165) is 19.6 Å². The first kappa shape index (κ1) is 23.8. The molecular weight excluding hydrogens is 436 g/mol. The Balaban J connectivity index is 1.60. The Morgan fingerprint density at radius 1 is 1.18 bits per heavy atom. The molecule has 1 aromatic heterocycles. The van der Waals surface area contributed by atoms with Crippen LogP contribution >= 0.6 is 0 Å². The van der Waals surface area contributed by atoms with Gasteiger partial charge in [-0.2, -0.15) is 0 Å². The summed E-state index contributed by atoms with van der Waals surface area (Å²) in [5.74, 6) is -0.248. The standard InChI is InChI=1S/C26H30N2O6/c1-3-15-33-20-8-6-19(7-9-20)23-22(24(29)21-10-5-18(2)34-21)25(30)26(31)28(23)12-4-11-27-13-16-32-17-14-27/h3,5-10,23,30H,1,4,11-17H2,2H3/t23-/m1/s1. The van der Waals surface area contributed by atoms with Crippen LogP contribution in [-0.4, -0.2) is 72.6 Å². The number of carbonyl (C=O) groups is 2. The van der Waals surface area contributed by atoms with Crippen molar-refractivity contribution in [2.75, 3.05) is 46.0 Å². The number of Topliss-reactive ketones (excluding diaryl/α,β-unsaturated/α-hetero) is 1. The number of nitrogens with zero attached hydrogens (tertiary/aromatic N) is 2. The van der Waals surface area contributed by atoms with Crippen LogP contribution in [0.4, 0.5) is 0 Å². The second-order valence-electron chi connectivity index (χ2n) is 8.38. The highest BCUT2D eigenvalue weighted by Gasteiger charge is 2.44. The molecule has 8 heteroatoms. The molecule has 34 heavy (non-hydrogen) atoms.